The van der Waals surface area contributed by atoms with Crippen LogP contribution in [-0.4, -0.2) is 60.1 Å². The smallest absolute Gasteiger partial charge is 0.256 e. The highest BCUT2D eigenvalue weighted by atomic mass is 16.5. The van der Waals surface area contributed by atoms with E-state index >= 15 is 0 Å². The molecule has 1 N–H and O–H groups in total. The van der Waals surface area contributed by atoms with Gasteiger partial charge in [-0.25, -0.2) is 4.98 Å². The van der Waals surface area contributed by atoms with Crippen LogP contribution in [0.3, 0.4) is 0 Å². The minimum atomic E-state index is -0.0404. The van der Waals surface area contributed by atoms with Gasteiger partial charge >= 0.3 is 0 Å². The van der Waals surface area contributed by atoms with E-state index in [0.717, 1.165) is 37.6 Å². The second-order valence-electron chi connectivity index (χ2n) is 5.44. The molecular weight excluding hydrogens is 244 g/mol. The number of hydrogen-bond donors (Lipinski definition) is 1. The molecular formula is C13H20N4O2. The molecule has 0 saturated carbocycles. The summed E-state index contributed by atoms with van der Waals surface area (Å²) in [7, 11) is 4.19. The zero-order valence-electron chi connectivity index (χ0n) is 11.5. The van der Waals surface area contributed by atoms with E-state index in [1.54, 1.807) is 0 Å². The topological polar surface area (TPSA) is 61.5 Å². The Labute approximate surface area is 112 Å². The summed E-state index contributed by atoms with van der Waals surface area (Å²) in [6, 6.07) is 0.166. The van der Waals surface area contributed by atoms with Crippen molar-refractivity contribution in [3.63, 3.8) is 0 Å². The molecule has 6 nitrogen and oxygen atoms in total. The third-order valence-corrected chi connectivity index (χ3v) is 4.02. The third-order valence-electron chi connectivity index (χ3n) is 4.02. The lowest BCUT2D eigenvalue weighted by Gasteiger charge is -2.37. The molecule has 0 spiro atoms. The first-order chi connectivity index (χ1) is 9.15. The van der Waals surface area contributed by atoms with Gasteiger partial charge in [-0.1, -0.05) is 0 Å². The molecule has 1 unspecified atom stereocenters. The number of nitrogens with one attached hydrogen (secondary N) is 1. The first kappa shape index (κ1) is 12.8. The van der Waals surface area contributed by atoms with Gasteiger partial charge in [0.2, 0.25) is 0 Å². The molecule has 0 bridgehead atoms. The molecule has 104 valence electrons. The van der Waals surface area contributed by atoms with Crippen molar-refractivity contribution in [1.82, 2.24) is 19.8 Å². The number of piperazine rings is 1. The van der Waals surface area contributed by atoms with Crippen LogP contribution in [0.5, 0.6) is 0 Å². The fraction of sp³-hybridized carbons (Fsp3) is 0.692. The molecule has 0 aromatic carbocycles. The lowest BCUT2D eigenvalue weighted by atomic mass is 10.1. The first-order valence-corrected chi connectivity index (χ1v) is 6.73. The lowest BCUT2D eigenvalue weighted by Crippen LogP contribution is -2.46. The Balaban J connectivity index is 1.96. The summed E-state index contributed by atoms with van der Waals surface area (Å²) < 4.78 is 5.32. The maximum atomic E-state index is 12.1. The van der Waals surface area contributed by atoms with Gasteiger partial charge in [0.05, 0.1) is 30.5 Å². The highest BCUT2D eigenvalue weighted by Gasteiger charge is 2.27. The molecule has 3 rings (SSSR count). The van der Waals surface area contributed by atoms with E-state index in [1.165, 1.54) is 0 Å². The maximum absolute atomic E-state index is 12.1. The van der Waals surface area contributed by atoms with E-state index in [-0.39, 0.29) is 11.6 Å². The number of likely N-dealkylation sites (N-methyl/N-ethyl adjacent to an activating group) is 2. The monoisotopic (exact) mass is 264 g/mol. The second-order valence-corrected chi connectivity index (χ2v) is 5.44. The Morgan fingerprint density at radius 1 is 1.37 bits per heavy atom. The van der Waals surface area contributed by atoms with Gasteiger partial charge < -0.3 is 14.6 Å². The highest BCUT2D eigenvalue weighted by molar-refractivity contribution is 5.20. The number of ether oxygens (including phenoxy) is 1. The number of hydrogen-bond acceptors (Lipinski definition) is 5. The van der Waals surface area contributed by atoms with Crippen LogP contribution in [0.25, 0.3) is 0 Å². The standard InChI is InChI=1S/C13H20N4O2/c1-16-4-5-17(2)11(7-16)12-14-10-3-6-19-8-9(10)13(18)15-12/h11H,3-8H2,1-2H3,(H,14,15,18). The van der Waals surface area contributed by atoms with E-state index in [9.17, 15) is 4.79 Å². The van der Waals surface area contributed by atoms with Gasteiger partial charge in [-0.15, -0.1) is 0 Å². The quantitative estimate of drug-likeness (QED) is 0.758. The molecule has 2 aliphatic rings. The van der Waals surface area contributed by atoms with Gasteiger partial charge in [0.1, 0.15) is 5.82 Å². The van der Waals surface area contributed by atoms with Crippen LogP contribution < -0.4 is 5.56 Å². The zero-order chi connectivity index (χ0) is 13.4. The van der Waals surface area contributed by atoms with Crippen molar-refractivity contribution in [2.45, 2.75) is 19.1 Å². The van der Waals surface area contributed by atoms with Crippen LogP contribution in [0.2, 0.25) is 0 Å². The van der Waals surface area contributed by atoms with Crippen molar-refractivity contribution in [3.05, 3.63) is 27.4 Å². The normalized spacial score (nSPS) is 25.3. The largest absolute Gasteiger partial charge is 0.376 e. The molecule has 1 fully saturated rings. The maximum Gasteiger partial charge on any atom is 0.256 e. The fourth-order valence-corrected chi connectivity index (χ4v) is 2.73. The van der Waals surface area contributed by atoms with E-state index < -0.39 is 0 Å². The number of nitrogens with zero attached hydrogens (tertiary/aromatic N) is 3. The van der Waals surface area contributed by atoms with Crippen molar-refractivity contribution in [2.24, 2.45) is 0 Å². The van der Waals surface area contributed by atoms with Gasteiger partial charge in [0.15, 0.2) is 0 Å². The average molecular weight is 264 g/mol. The molecule has 1 atom stereocenters. The van der Waals surface area contributed by atoms with Gasteiger partial charge in [0, 0.05) is 26.1 Å². The summed E-state index contributed by atoms with van der Waals surface area (Å²) in [5.74, 6) is 0.791. The predicted molar refractivity (Wildman–Crippen MR) is 71.1 cm³/mol. The van der Waals surface area contributed by atoms with E-state index in [1.807, 2.05) is 0 Å². The fourth-order valence-electron chi connectivity index (χ4n) is 2.73. The summed E-state index contributed by atoms with van der Waals surface area (Å²) in [6.07, 6.45) is 0.735. The summed E-state index contributed by atoms with van der Waals surface area (Å²) in [5.41, 5.74) is 1.56. The van der Waals surface area contributed by atoms with Crippen molar-refractivity contribution in [1.29, 1.82) is 0 Å². The molecule has 1 aromatic heterocycles. The van der Waals surface area contributed by atoms with Crippen molar-refractivity contribution < 1.29 is 4.74 Å². The molecule has 0 aliphatic carbocycles. The van der Waals surface area contributed by atoms with Crippen molar-refractivity contribution in [3.8, 4) is 0 Å². The van der Waals surface area contributed by atoms with Gasteiger partial charge in [-0.05, 0) is 14.1 Å². The van der Waals surface area contributed by atoms with Gasteiger partial charge in [-0.3, -0.25) is 9.69 Å². The predicted octanol–water partition coefficient (Wildman–Crippen LogP) is -0.239. The van der Waals surface area contributed by atoms with Gasteiger partial charge in [0.25, 0.3) is 5.56 Å². The third kappa shape index (κ3) is 2.43. The number of aromatic nitrogens is 2. The molecule has 0 radical (unpaired) electrons. The van der Waals surface area contributed by atoms with Crippen molar-refractivity contribution in [2.75, 3.05) is 40.3 Å². The minimum Gasteiger partial charge on any atom is -0.376 e. The average Bonchev–Trinajstić information content (AvgIpc) is 2.41. The van der Waals surface area contributed by atoms with Crippen LogP contribution in [0, 0.1) is 0 Å². The van der Waals surface area contributed by atoms with E-state index in [2.05, 4.69) is 33.9 Å². The lowest BCUT2D eigenvalue weighted by molar-refractivity contribution is 0.101. The Bertz CT molecular complexity index is 528. The Kier molecular flexibility index (Phi) is 3.38. The molecule has 0 amide bonds. The summed E-state index contributed by atoms with van der Waals surface area (Å²) in [4.78, 5) is 24.3. The second kappa shape index (κ2) is 5.03. The van der Waals surface area contributed by atoms with E-state index in [4.69, 9.17) is 4.74 Å². The van der Waals surface area contributed by atoms with Crippen LogP contribution in [0.4, 0.5) is 0 Å². The molecule has 3 heterocycles. The molecule has 6 heteroatoms. The highest BCUT2D eigenvalue weighted by Crippen LogP contribution is 2.21. The van der Waals surface area contributed by atoms with Crippen LogP contribution in [0.15, 0.2) is 4.79 Å². The van der Waals surface area contributed by atoms with Crippen molar-refractivity contribution >= 4 is 0 Å². The van der Waals surface area contributed by atoms with Crippen LogP contribution >= 0.6 is 0 Å². The number of fused-ring (bicyclic) bond motifs is 1. The minimum absolute atomic E-state index is 0.0404. The van der Waals surface area contributed by atoms with E-state index in [0.29, 0.717) is 18.8 Å². The summed E-state index contributed by atoms with van der Waals surface area (Å²) >= 11 is 0. The number of rotatable bonds is 1. The Hall–Kier alpha value is -1.24. The van der Waals surface area contributed by atoms with Crippen LogP contribution in [-0.2, 0) is 17.8 Å². The SMILES string of the molecule is CN1CCN(C)C(c2nc3c(c(=O)[nH]2)COCC3)C1. The van der Waals surface area contributed by atoms with Gasteiger partial charge in [-0.2, -0.15) is 0 Å². The molecule has 1 saturated heterocycles. The molecule has 1 aromatic rings. The molecule has 2 aliphatic heterocycles. The Morgan fingerprint density at radius 3 is 3.05 bits per heavy atom. The zero-order valence-corrected chi connectivity index (χ0v) is 11.5. The van der Waals surface area contributed by atoms with Crippen LogP contribution in [0.1, 0.15) is 23.1 Å². The first-order valence-electron chi connectivity index (χ1n) is 6.73. The molecule has 19 heavy (non-hydrogen) atoms. The summed E-state index contributed by atoms with van der Waals surface area (Å²) in [6.45, 7) is 3.98. The summed E-state index contributed by atoms with van der Waals surface area (Å²) in [5, 5.41) is 0. The number of H-pyrrole nitrogens is 1. The number of aromatic amines is 1. The Morgan fingerprint density at radius 2 is 2.21 bits per heavy atom.